The molecule has 0 aliphatic rings. The zero-order valence-electron chi connectivity index (χ0n) is 14.6. The number of carbonyl (C=O) groups is 1. The van der Waals surface area contributed by atoms with Crippen molar-refractivity contribution in [3.05, 3.63) is 29.3 Å². The van der Waals surface area contributed by atoms with Gasteiger partial charge < -0.3 is 4.74 Å². The molecule has 25 heavy (non-hydrogen) atoms. The minimum atomic E-state index is -3.43. The van der Waals surface area contributed by atoms with Gasteiger partial charge in [0.1, 0.15) is 5.75 Å². The Morgan fingerprint density at radius 2 is 2.04 bits per heavy atom. The van der Waals surface area contributed by atoms with Gasteiger partial charge >= 0.3 is 0 Å². The van der Waals surface area contributed by atoms with Crippen LogP contribution in [0.4, 0.5) is 5.13 Å². The normalized spacial score (nSPS) is 11.6. The lowest BCUT2D eigenvalue weighted by molar-refractivity contribution is -0.118. The Hall–Kier alpha value is -2.00. The third kappa shape index (κ3) is 4.99. The molecule has 1 amide bonds. The molecule has 0 bridgehead atoms. The minimum Gasteiger partial charge on any atom is -0.483 e. The molecule has 0 atom stereocenters. The average molecular weight is 383 g/mol. The third-order valence-electron chi connectivity index (χ3n) is 3.45. The average Bonchev–Trinajstić information content (AvgIpc) is 3.02. The van der Waals surface area contributed by atoms with E-state index in [1.807, 2.05) is 25.1 Å². The summed E-state index contributed by atoms with van der Waals surface area (Å²) in [6.07, 6.45) is 0. The molecule has 0 saturated carbocycles. The SMILES string of the molecule is CCS(=O)(=O)c1nnc(NC(=O)COc2cc(C)ccc2C(C)C)s1. The number of nitrogens with zero attached hydrogens (tertiary/aromatic N) is 2. The van der Waals surface area contributed by atoms with Gasteiger partial charge in [0.05, 0.1) is 5.75 Å². The van der Waals surface area contributed by atoms with Gasteiger partial charge in [-0.25, -0.2) is 8.42 Å². The molecule has 7 nitrogen and oxygen atoms in total. The maximum atomic E-state index is 12.0. The quantitative estimate of drug-likeness (QED) is 0.738. The van der Waals surface area contributed by atoms with Crippen molar-refractivity contribution in [3.8, 4) is 5.75 Å². The summed E-state index contributed by atoms with van der Waals surface area (Å²) in [5.41, 5.74) is 2.06. The number of aryl methyl sites for hydroxylation is 1. The third-order valence-corrected chi connectivity index (χ3v) is 6.47. The van der Waals surface area contributed by atoms with Crippen LogP contribution in [0.1, 0.15) is 37.8 Å². The van der Waals surface area contributed by atoms with E-state index in [4.69, 9.17) is 4.74 Å². The number of rotatable bonds is 7. The Kier molecular flexibility index (Phi) is 6.12. The second-order valence-corrected chi connectivity index (χ2v) is 9.24. The van der Waals surface area contributed by atoms with Crippen LogP contribution in [0.3, 0.4) is 0 Å². The number of benzene rings is 1. The highest BCUT2D eigenvalue weighted by Gasteiger charge is 2.19. The monoisotopic (exact) mass is 383 g/mol. The van der Waals surface area contributed by atoms with E-state index in [0.717, 1.165) is 22.5 Å². The second kappa shape index (κ2) is 7.92. The van der Waals surface area contributed by atoms with Crippen molar-refractivity contribution in [1.29, 1.82) is 0 Å². The van der Waals surface area contributed by atoms with E-state index in [0.29, 0.717) is 5.75 Å². The number of amides is 1. The number of hydrogen-bond donors (Lipinski definition) is 1. The number of ether oxygens (including phenoxy) is 1. The van der Waals surface area contributed by atoms with Crippen molar-refractivity contribution in [3.63, 3.8) is 0 Å². The topological polar surface area (TPSA) is 98.3 Å². The van der Waals surface area contributed by atoms with Gasteiger partial charge in [-0.1, -0.05) is 44.2 Å². The van der Waals surface area contributed by atoms with Crippen molar-refractivity contribution < 1.29 is 17.9 Å². The van der Waals surface area contributed by atoms with Gasteiger partial charge in [0.2, 0.25) is 19.3 Å². The molecular formula is C16H21N3O4S2. The van der Waals surface area contributed by atoms with Crippen molar-refractivity contribution in [2.24, 2.45) is 0 Å². The smallest absolute Gasteiger partial charge is 0.264 e. The summed E-state index contributed by atoms with van der Waals surface area (Å²) in [5, 5.41) is 9.93. The van der Waals surface area contributed by atoms with E-state index < -0.39 is 15.7 Å². The van der Waals surface area contributed by atoms with Crippen LogP contribution in [0.2, 0.25) is 0 Å². The predicted molar refractivity (Wildman–Crippen MR) is 97.0 cm³/mol. The summed E-state index contributed by atoms with van der Waals surface area (Å²) in [5.74, 6) is 0.442. The van der Waals surface area contributed by atoms with Crippen molar-refractivity contribution in [2.75, 3.05) is 17.7 Å². The molecule has 9 heteroatoms. The zero-order valence-corrected chi connectivity index (χ0v) is 16.2. The van der Waals surface area contributed by atoms with E-state index in [2.05, 4.69) is 29.4 Å². The van der Waals surface area contributed by atoms with E-state index >= 15 is 0 Å². The fraction of sp³-hybridized carbons (Fsp3) is 0.438. The standard InChI is InChI=1S/C16H21N3O4S2/c1-5-25(21,22)16-19-18-15(24-16)17-14(20)9-23-13-8-11(4)6-7-12(13)10(2)3/h6-8,10H,5,9H2,1-4H3,(H,17,18,20). The van der Waals surface area contributed by atoms with Gasteiger partial charge in [-0.3, -0.25) is 10.1 Å². The van der Waals surface area contributed by atoms with Crippen LogP contribution in [0, 0.1) is 6.92 Å². The molecule has 0 aliphatic carbocycles. The van der Waals surface area contributed by atoms with Crippen LogP contribution in [-0.4, -0.2) is 36.9 Å². The van der Waals surface area contributed by atoms with E-state index in [-0.39, 0.29) is 27.7 Å². The molecule has 0 unspecified atom stereocenters. The summed E-state index contributed by atoms with van der Waals surface area (Å²) >= 11 is 0.827. The molecule has 0 saturated heterocycles. The first-order valence-electron chi connectivity index (χ1n) is 7.82. The van der Waals surface area contributed by atoms with Crippen molar-refractivity contribution in [2.45, 2.75) is 38.0 Å². The lowest BCUT2D eigenvalue weighted by atomic mass is 10.0. The Morgan fingerprint density at radius 1 is 1.32 bits per heavy atom. The van der Waals surface area contributed by atoms with Crippen LogP contribution in [0.25, 0.3) is 0 Å². The molecule has 1 aromatic heterocycles. The lowest BCUT2D eigenvalue weighted by Crippen LogP contribution is -2.20. The summed E-state index contributed by atoms with van der Waals surface area (Å²) < 4.78 is 29.0. The summed E-state index contributed by atoms with van der Waals surface area (Å²) in [7, 11) is -3.43. The van der Waals surface area contributed by atoms with Gasteiger partial charge in [-0.2, -0.15) is 0 Å². The molecule has 136 valence electrons. The Morgan fingerprint density at radius 3 is 2.68 bits per heavy atom. The van der Waals surface area contributed by atoms with Crippen LogP contribution >= 0.6 is 11.3 Å². The fourth-order valence-corrected chi connectivity index (χ4v) is 4.06. The zero-order chi connectivity index (χ0) is 18.6. The molecule has 2 rings (SSSR count). The maximum absolute atomic E-state index is 12.0. The maximum Gasteiger partial charge on any atom is 0.264 e. The van der Waals surface area contributed by atoms with E-state index in [1.54, 1.807) is 0 Å². The van der Waals surface area contributed by atoms with Crippen LogP contribution in [-0.2, 0) is 14.6 Å². The highest BCUT2D eigenvalue weighted by atomic mass is 32.2. The van der Waals surface area contributed by atoms with Crippen molar-refractivity contribution >= 4 is 32.2 Å². The van der Waals surface area contributed by atoms with Gasteiger partial charge in [-0.15, -0.1) is 10.2 Å². The first-order valence-corrected chi connectivity index (χ1v) is 10.3. The van der Waals surface area contributed by atoms with Crippen LogP contribution < -0.4 is 10.1 Å². The molecule has 0 radical (unpaired) electrons. The second-order valence-electron chi connectivity index (χ2n) is 5.81. The Balaban J connectivity index is 2.01. The largest absolute Gasteiger partial charge is 0.483 e. The number of aromatic nitrogens is 2. The minimum absolute atomic E-state index is 0.0654. The summed E-state index contributed by atoms with van der Waals surface area (Å²) in [6.45, 7) is 7.38. The number of anilines is 1. The van der Waals surface area contributed by atoms with Gasteiger partial charge in [0.15, 0.2) is 6.61 Å². The molecule has 0 aliphatic heterocycles. The van der Waals surface area contributed by atoms with Gasteiger partial charge in [-0.05, 0) is 30.0 Å². The summed E-state index contributed by atoms with van der Waals surface area (Å²) in [6, 6.07) is 5.87. The number of hydrogen-bond acceptors (Lipinski definition) is 7. The lowest BCUT2D eigenvalue weighted by Gasteiger charge is -2.14. The van der Waals surface area contributed by atoms with Gasteiger partial charge in [0.25, 0.3) is 5.91 Å². The molecule has 1 heterocycles. The number of carbonyl (C=O) groups excluding carboxylic acids is 1. The van der Waals surface area contributed by atoms with E-state index in [1.165, 1.54) is 6.92 Å². The highest BCUT2D eigenvalue weighted by Crippen LogP contribution is 2.27. The first-order chi connectivity index (χ1) is 11.7. The fourth-order valence-electron chi connectivity index (χ4n) is 2.05. The molecule has 2 aromatic rings. The molecule has 0 spiro atoms. The van der Waals surface area contributed by atoms with Crippen molar-refractivity contribution in [1.82, 2.24) is 10.2 Å². The molecule has 1 N–H and O–H groups in total. The highest BCUT2D eigenvalue weighted by molar-refractivity contribution is 7.93. The Labute approximate surface area is 151 Å². The number of nitrogens with one attached hydrogen (secondary N) is 1. The number of sulfone groups is 1. The van der Waals surface area contributed by atoms with Gasteiger partial charge in [0, 0.05) is 0 Å². The van der Waals surface area contributed by atoms with E-state index in [9.17, 15) is 13.2 Å². The predicted octanol–water partition coefficient (Wildman–Crippen LogP) is 2.78. The molecular weight excluding hydrogens is 362 g/mol. The summed E-state index contributed by atoms with van der Waals surface area (Å²) in [4.78, 5) is 12.0. The molecule has 0 fully saturated rings. The molecule has 1 aromatic carbocycles. The Bertz CT molecular complexity index is 860. The first kappa shape index (κ1) is 19.3. The van der Waals surface area contributed by atoms with Crippen LogP contribution in [0.5, 0.6) is 5.75 Å². The van der Waals surface area contributed by atoms with Crippen LogP contribution in [0.15, 0.2) is 22.5 Å².